The van der Waals surface area contributed by atoms with Gasteiger partial charge < -0.3 is 14.6 Å². The van der Waals surface area contributed by atoms with Crippen LogP contribution in [0.4, 0.5) is 0 Å². The molecule has 0 aliphatic carbocycles. The number of carbonyl (C=O) groups excluding carboxylic acids is 2. The number of tetrazole rings is 1. The molecule has 0 fully saturated rings. The number of esters is 1. The van der Waals surface area contributed by atoms with Crippen molar-refractivity contribution in [1.29, 1.82) is 0 Å². The third-order valence-electron chi connectivity index (χ3n) is 4.71. The van der Waals surface area contributed by atoms with E-state index in [1.165, 1.54) is 6.92 Å². The molecule has 0 aliphatic heterocycles. The minimum absolute atomic E-state index is 0.0224. The smallest absolute Gasteiger partial charge is 0.305 e. The van der Waals surface area contributed by atoms with Gasteiger partial charge in [-0.25, -0.2) is 0 Å². The Bertz CT molecular complexity index is 866. The summed E-state index contributed by atoms with van der Waals surface area (Å²) in [5.41, 5.74) is 1.01. The number of hydrogen-bond acceptors (Lipinski definition) is 8. The molecule has 0 spiro atoms. The average molecular weight is 433 g/mol. The van der Waals surface area contributed by atoms with Gasteiger partial charge in [0.05, 0.1) is 25.3 Å². The zero-order chi connectivity index (χ0) is 22.6. The molecule has 2 aromatic rings. The second-order valence-electron chi connectivity index (χ2n) is 7.26. The average Bonchev–Trinajstić information content (AvgIpc) is 3.17. The Morgan fingerprint density at radius 1 is 1.13 bits per heavy atom. The van der Waals surface area contributed by atoms with E-state index in [-0.39, 0.29) is 17.5 Å². The molecule has 1 aromatic heterocycles. The molecule has 9 heteroatoms. The number of unbranched alkanes of at least 4 members (excludes halogenated alkanes) is 1. The van der Waals surface area contributed by atoms with Gasteiger partial charge in [-0.05, 0) is 56.9 Å². The fraction of sp³-hybridized carbons (Fsp3) is 0.591. The minimum Gasteiger partial charge on any atom is -0.507 e. The fourth-order valence-corrected chi connectivity index (χ4v) is 3.16. The molecular formula is C22H32N4O5. The summed E-state index contributed by atoms with van der Waals surface area (Å²) in [4.78, 5) is 24.5. The summed E-state index contributed by atoms with van der Waals surface area (Å²) in [5.74, 6) is 0.885. The highest BCUT2D eigenvalue weighted by molar-refractivity contribution is 5.97. The molecule has 170 valence electrons. The van der Waals surface area contributed by atoms with Crippen LogP contribution in [0.3, 0.4) is 0 Å². The maximum absolute atomic E-state index is 11.6. The Balaban J connectivity index is 1.75. The number of benzene rings is 1. The molecule has 1 N–H and O–H groups in total. The maximum Gasteiger partial charge on any atom is 0.305 e. The first-order chi connectivity index (χ1) is 15.0. The van der Waals surface area contributed by atoms with Crippen molar-refractivity contribution < 1.29 is 24.2 Å². The third-order valence-corrected chi connectivity index (χ3v) is 4.71. The molecule has 0 radical (unpaired) electrons. The Labute approximate surface area is 182 Å². The van der Waals surface area contributed by atoms with Gasteiger partial charge in [0.2, 0.25) is 0 Å². The lowest BCUT2D eigenvalue weighted by molar-refractivity contribution is -0.143. The molecule has 0 saturated heterocycles. The predicted octanol–water partition coefficient (Wildman–Crippen LogP) is 3.28. The first-order valence-electron chi connectivity index (χ1n) is 10.9. The van der Waals surface area contributed by atoms with Crippen LogP contribution < -0.4 is 4.74 Å². The number of ether oxygens (including phenoxy) is 2. The molecule has 31 heavy (non-hydrogen) atoms. The summed E-state index contributed by atoms with van der Waals surface area (Å²) < 4.78 is 10.8. The van der Waals surface area contributed by atoms with Crippen molar-refractivity contribution in [3.63, 3.8) is 0 Å². The number of carbonyl (C=O) groups is 2. The van der Waals surface area contributed by atoms with Gasteiger partial charge in [0.1, 0.15) is 11.5 Å². The van der Waals surface area contributed by atoms with Gasteiger partial charge in [-0.2, -0.15) is 4.80 Å². The van der Waals surface area contributed by atoms with Gasteiger partial charge in [0, 0.05) is 18.4 Å². The molecule has 0 amide bonds. The lowest BCUT2D eigenvalue weighted by Crippen LogP contribution is -2.07. The number of Topliss-reactive ketones (excluding diaryl/α,β-unsaturated/α-hetero) is 1. The Kier molecular flexibility index (Phi) is 9.93. The molecule has 1 heterocycles. The molecule has 1 aromatic carbocycles. The van der Waals surface area contributed by atoms with Crippen molar-refractivity contribution >= 4 is 11.8 Å². The summed E-state index contributed by atoms with van der Waals surface area (Å²) in [5, 5.41) is 22.8. The van der Waals surface area contributed by atoms with Crippen molar-refractivity contribution in [2.45, 2.75) is 72.3 Å². The minimum atomic E-state index is -0.207. The van der Waals surface area contributed by atoms with Crippen molar-refractivity contribution in [2.24, 2.45) is 0 Å². The number of rotatable bonds is 14. The van der Waals surface area contributed by atoms with Crippen molar-refractivity contribution in [2.75, 3.05) is 13.2 Å². The van der Waals surface area contributed by atoms with Crippen LogP contribution in [0, 0.1) is 0 Å². The number of aromatic nitrogens is 4. The van der Waals surface area contributed by atoms with E-state index in [4.69, 9.17) is 9.47 Å². The van der Waals surface area contributed by atoms with E-state index in [1.807, 2.05) is 6.92 Å². The topological polar surface area (TPSA) is 116 Å². The van der Waals surface area contributed by atoms with Gasteiger partial charge in [0.15, 0.2) is 11.6 Å². The van der Waals surface area contributed by atoms with Crippen LogP contribution in [0.25, 0.3) is 0 Å². The Morgan fingerprint density at radius 2 is 1.94 bits per heavy atom. The SMILES string of the molecule is CCCc1c(OCCCCn2nnc(CCCC(=O)OCC)n2)ccc(C(C)=O)c1O. The second-order valence-corrected chi connectivity index (χ2v) is 7.26. The van der Waals surface area contributed by atoms with E-state index in [9.17, 15) is 14.7 Å². The van der Waals surface area contributed by atoms with E-state index in [0.717, 1.165) is 19.3 Å². The van der Waals surface area contributed by atoms with Crippen LogP contribution in [0.5, 0.6) is 11.5 Å². The van der Waals surface area contributed by atoms with Gasteiger partial charge >= 0.3 is 5.97 Å². The molecular weight excluding hydrogens is 400 g/mol. The standard InChI is InChI=1S/C22H32N4O5/c1-4-9-18-19(13-12-17(16(3)27)22(18)29)31-15-7-6-14-26-24-20(23-25-26)10-8-11-21(28)30-5-2/h12-13,29H,4-11,14-15H2,1-3H3. The molecule has 0 atom stereocenters. The van der Waals surface area contributed by atoms with Crippen LogP contribution in [0.2, 0.25) is 0 Å². The van der Waals surface area contributed by atoms with E-state index >= 15 is 0 Å². The number of nitrogens with zero attached hydrogens (tertiary/aromatic N) is 4. The molecule has 2 rings (SSSR count). The highest BCUT2D eigenvalue weighted by Crippen LogP contribution is 2.33. The molecule has 0 bridgehead atoms. The quantitative estimate of drug-likeness (QED) is 0.275. The maximum atomic E-state index is 11.6. The Hall–Kier alpha value is -2.97. The zero-order valence-corrected chi connectivity index (χ0v) is 18.6. The van der Waals surface area contributed by atoms with Crippen LogP contribution >= 0.6 is 0 Å². The highest BCUT2D eigenvalue weighted by Gasteiger charge is 2.15. The van der Waals surface area contributed by atoms with E-state index < -0.39 is 0 Å². The predicted molar refractivity (Wildman–Crippen MR) is 114 cm³/mol. The lowest BCUT2D eigenvalue weighted by atomic mass is 10.0. The first kappa shape index (κ1) is 24.3. The van der Waals surface area contributed by atoms with Crippen LogP contribution in [-0.2, 0) is 28.9 Å². The fourth-order valence-electron chi connectivity index (χ4n) is 3.16. The molecule has 9 nitrogen and oxygen atoms in total. The number of aryl methyl sites for hydroxylation is 2. The number of hydrogen-bond donors (Lipinski definition) is 1. The van der Waals surface area contributed by atoms with Crippen LogP contribution in [-0.4, -0.2) is 50.3 Å². The number of phenols is 1. The lowest BCUT2D eigenvalue weighted by Gasteiger charge is -2.14. The largest absolute Gasteiger partial charge is 0.507 e. The van der Waals surface area contributed by atoms with Crippen LogP contribution in [0.1, 0.15) is 74.6 Å². The van der Waals surface area contributed by atoms with Crippen molar-refractivity contribution in [3.8, 4) is 11.5 Å². The normalized spacial score (nSPS) is 10.8. The number of ketones is 1. The molecule has 0 unspecified atom stereocenters. The third kappa shape index (κ3) is 7.66. The van der Waals surface area contributed by atoms with Gasteiger partial charge in [0.25, 0.3) is 0 Å². The van der Waals surface area contributed by atoms with Gasteiger partial charge in [-0.3, -0.25) is 9.59 Å². The zero-order valence-electron chi connectivity index (χ0n) is 18.6. The summed E-state index contributed by atoms with van der Waals surface area (Å²) in [6.07, 6.45) is 4.63. The first-order valence-corrected chi connectivity index (χ1v) is 10.9. The van der Waals surface area contributed by atoms with Crippen molar-refractivity contribution in [1.82, 2.24) is 20.2 Å². The summed E-state index contributed by atoms with van der Waals surface area (Å²) in [6.45, 7) is 6.73. The summed E-state index contributed by atoms with van der Waals surface area (Å²) in [6, 6.07) is 3.36. The molecule has 0 aliphatic rings. The number of phenolic OH excluding ortho intramolecular Hbond substituents is 1. The summed E-state index contributed by atoms with van der Waals surface area (Å²) >= 11 is 0. The van der Waals surface area contributed by atoms with Crippen molar-refractivity contribution in [3.05, 3.63) is 29.1 Å². The monoisotopic (exact) mass is 432 g/mol. The molecule has 0 saturated carbocycles. The van der Waals surface area contributed by atoms with Gasteiger partial charge in [-0.15, -0.1) is 10.2 Å². The number of aromatic hydroxyl groups is 1. The van der Waals surface area contributed by atoms with E-state index in [0.29, 0.717) is 68.1 Å². The van der Waals surface area contributed by atoms with E-state index in [2.05, 4.69) is 15.4 Å². The van der Waals surface area contributed by atoms with Crippen LogP contribution in [0.15, 0.2) is 12.1 Å². The second kappa shape index (κ2) is 12.7. The Morgan fingerprint density at radius 3 is 2.65 bits per heavy atom. The van der Waals surface area contributed by atoms with E-state index in [1.54, 1.807) is 23.9 Å². The summed E-state index contributed by atoms with van der Waals surface area (Å²) in [7, 11) is 0. The highest BCUT2D eigenvalue weighted by atomic mass is 16.5. The van der Waals surface area contributed by atoms with Gasteiger partial charge in [-0.1, -0.05) is 13.3 Å².